The van der Waals surface area contributed by atoms with Gasteiger partial charge in [-0.25, -0.2) is 4.68 Å². The smallest absolute Gasteiger partial charge is 0.235 e. The Morgan fingerprint density at radius 1 is 1.41 bits per heavy atom. The predicted octanol–water partition coefficient (Wildman–Crippen LogP) is 2.69. The number of aryl methyl sites for hydroxylation is 1. The van der Waals surface area contributed by atoms with Crippen LogP contribution in [0.1, 0.15) is 51.1 Å². The molecule has 0 bridgehead atoms. The van der Waals surface area contributed by atoms with E-state index >= 15 is 0 Å². The summed E-state index contributed by atoms with van der Waals surface area (Å²) in [6.45, 7) is 4.97. The summed E-state index contributed by atoms with van der Waals surface area (Å²) in [5.41, 5.74) is 7.73. The first-order chi connectivity index (χ1) is 8.09. The van der Waals surface area contributed by atoms with Gasteiger partial charge >= 0.3 is 0 Å². The van der Waals surface area contributed by atoms with E-state index in [2.05, 4.69) is 18.9 Å². The third kappa shape index (κ3) is 2.56. The van der Waals surface area contributed by atoms with E-state index in [4.69, 9.17) is 10.5 Å². The van der Waals surface area contributed by atoms with Crippen molar-refractivity contribution in [2.45, 2.75) is 45.4 Å². The van der Waals surface area contributed by atoms with Crippen LogP contribution in [0.4, 0.5) is 5.69 Å². The van der Waals surface area contributed by atoms with E-state index in [1.54, 1.807) is 4.68 Å². The summed E-state index contributed by atoms with van der Waals surface area (Å²) in [7, 11) is 1.90. The molecule has 1 heterocycles. The lowest BCUT2D eigenvalue weighted by atomic mass is 10.1. The third-order valence-electron chi connectivity index (χ3n) is 3.54. The number of nitrogens with zero attached hydrogens (tertiary/aromatic N) is 2. The van der Waals surface area contributed by atoms with Crippen LogP contribution in [0.3, 0.4) is 0 Å². The molecule has 0 spiro atoms. The Morgan fingerprint density at radius 3 is 2.59 bits per heavy atom. The number of nitrogen functional groups attached to an aromatic ring is 1. The predicted molar refractivity (Wildman–Crippen MR) is 69.2 cm³/mol. The van der Waals surface area contributed by atoms with Gasteiger partial charge in [-0.2, -0.15) is 5.10 Å². The lowest BCUT2D eigenvalue weighted by molar-refractivity contribution is 0.235. The Kier molecular flexibility index (Phi) is 3.60. The van der Waals surface area contributed by atoms with Gasteiger partial charge in [0.2, 0.25) is 5.88 Å². The van der Waals surface area contributed by atoms with Crippen LogP contribution in [-0.4, -0.2) is 16.4 Å². The summed E-state index contributed by atoms with van der Waals surface area (Å²) in [6.07, 6.45) is 5.25. The van der Waals surface area contributed by atoms with Crippen LogP contribution in [0.5, 0.6) is 5.88 Å². The summed E-state index contributed by atoms with van der Waals surface area (Å²) in [4.78, 5) is 0. The van der Waals surface area contributed by atoms with Crippen molar-refractivity contribution in [2.24, 2.45) is 13.0 Å². The number of ether oxygens (including phenoxy) is 1. The van der Waals surface area contributed by atoms with Gasteiger partial charge in [-0.15, -0.1) is 0 Å². The topological polar surface area (TPSA) is 53.1 Å². The van der Waals surface area contributed by atoms with E-state index in [1.807, 2.05) is 7.05 Å². The molecule has 96 valence electrons. The van der Waals surface area contributed by atoms with E-state index in [0.29, 0.717) is 17.5 Å². The maximum absolute atomic E-state index is 6.08. The number of hydrogen-bond acceptors (Lipinski definition) is 3. The minimum absolute atomic E-state index is 0.338. The Morgan fingerprint density at radius 2 is 2.06 bits per heavy atom. The minimum Gasteiger partial charge on any atom is -0.476 e. The highest BCUT2D eigenvalue weighted by Crippen LogP contribution is 2.31. The number of hydrogen-bond donors (Lipinski definition) is 1. The van der Waals surface area contributed by atoms with Crippen LogP contribution in [0.25, 0.3) is 0 Å². The molecule has 1 saturated carbocycles. The van der Waals surface area contributed by atoms with Crippen LogP contribution < -0.4 is 10.5 Å². The molecule has 0 atom stereocenters. The molecule has 1 fully saturated rings. The molecular formula is C13H23N3O. The van der Waals surface area contributed by atoms with Crippen LogP contribution >= 0.6 is 0 Å². The van der Waals surface area contributed by atoms with Gasteiger partial charge in [0.1, 0.15) is 5.69 Å². The van der Waals surface area contributed by atoms with Crippen molar-refractivity contribution in [3.05, 3.63) is 5.69 Å². The van der Waals surface area contributed by atoms with Crippen LogP contribution in [0.2, 0.25) is 0 Å². The molecule has 1 aliphatic rings. The maximum Gasteiger partial charge on any atom is 0.235 e. The van der Waals surface area contributed by atoms with E-state index in [-0.39, 0.29) is 0 Å². The first-order valence-corrected chi connectivity index (χ1v) is 6.54. The van der Waals surface area contributed by atoms with Crippen molar-refractivity contribution < 1.29 is 4.74 Å². The van der Waals surface area contributed by atoms with Crippen LogP contribution in [0, 0.1) is 5.92 Å². The third-order valence-corrected chi connectivity index (χ3v) is 3.54. The lowest BCUT2D eigenvalue weighted by Crippen LogP contribution is -2.11. The summed E-state index contributed by atoms with van der Waals surface area (Å²) in [5.74, 6) is 1.78. The molecular weight excluding hydrogens is 214 g/mol. The molecule has 0 unspecified atom stereocenters. The fourth-order valence-corrected chi connectivity index (χ4v) is 2.52. The number of nitrogens with two attached hydrogens (primary N) is 1. The standard InChI is InChI=1S/C13H23N3O/c1-9(2)12-11(14)13(16(3)15-12)17-8-10-6-4-5-7-10/h9-10H,4-8,14H2,1-3H3. The molecule has 0 saturated heterocycles. The van der Waals surface area contributed by atoms with Crippen molar-refractivity contribution in [3.8, 4) is 5.88 Å². The van der Waals surface area contributed by atoms with Crippen molar-refractivity contribution >= 4 is 5.69 Å². The number of aromatic nitrogens is 2. The summed E-state index contributed by atoms with van der Waals surface area (Å²) in [6, 6.07) is 0. The summed E-state index contributed by atoms with van der Waals surface area (Å²) >= 11 is 0. The average molecular weight is 237 g/mol. The Balaban J connectivity index is 2.04. The first-order valence-electron chi connectivity index (χ1n) is 6.54. The van der Waals surface area contributed by atoms with E-state index < -0.39 is 0 Å². The van der Waals surface area contributed by atoms with Crippen molar-refractivity contribution in [3.63, 3.8) is 0 Å². The molecule has 1 aliphatic carbocycles. The molecule has 1 aromatic rings. The van der Waals surface area contributed by atoms with E-state index in [9.17, 15) is 0 Å². The highest BCUT2D eigenvalue weighted by atomic mass is 16.5. The van der Waals surface area contributed by atoms with Gasteiger partial charge in [-0.05, 0) is 24.7 Å². The Bertz CT molecular complexity index is 378. The van der Waals surface area contributed by atoms with Crippen molar-refractivity contribution in [2.75, 3.05) is 12.3 Å². The molecule has 0 aliphatic heterocycles. The molecule has 0 aromatic carbocycles. The fourth-order valence-electron chi connectivity index (χ4n) is 2.52. The molecule has 0 radical (unpaired) electrons. The maximum atomic E-state index is 6.08. The zero-order valence-corrected chi connectivity index (χ0v) is 11.1. The molecule has 2 rings (SSSR count). The monoisotopic (exact) mass is 237 g/mol. The summed E-state index contributed by atoms with van der Waals surface area (Å²) < 4.78 is 7.62. The van der Waals surface area contributed by atoms with Gasteiger partial charge in [0.15, 0.2) is 0 Å². The SMILES string of the molecule is CC(C)c1nn(C)c(OCC2CCCC2)c1N. The van der Waals surface area contributed by atoms with Crippen molar-refractivity contribution in [1.82, 2.24) is 9.78 Å². The first kappa shape index (κ1) is 12.3. The zero-order valence-electron chi connectivity index (χ0n) is 11.1. The van der Waals surface area contributed by atoms with E-state index in [0.717, 1.165) is 18.2 Å². The van der Waals surface area contributed by atoms with Gasteiger partial charge in [-0.1, -0.05) is 26.7 Å². The molecule has 1 aromatic heterocycles. The highest BCUT2D eigenvalue weighted by Gasteiger charge is 2.20. The molecule has 4 heteroatoms. The van der Waals surface area contributed by atoms with Crippen LogP contribution in [-0.2, 0) is 7.05 Å². The largest absolute Gasteiger partial charge is 0.476 e. The number of rotatable bonds is 4. The van der Waals surface area contributed by atoms with Crippen LogP contribution in [0.15, 0.2) is 0 Å². The fraction of sp³-hybridized carbons (Fsp3) is 0.769. The quantitative estimate of drug-likeness (QED) is 0.876. The second kappa shape index (κ2) is 4.98. The second-order valence-corrected chi connectivity index (χ2v) is 5.34. The second-order valence-electron chi connectivity index (χ2n) is 5.34. The zero-order chi connectivity index (χ0) is 12.4. The number of anilines is 1. The van der Waals surface area contributed by atoms with Gasteiger partial charge in [0, 0.05) is 7.05 Å². The Labute approximate surface area is 103 Å². The molecule has 0 amide bonds. The lowest BCUT2D eigenvalue weighted by Gasteiger charge is -2.11. The minimum atomic E-state index is 0.338. The normalized spacial score (nSPS) is 16.9. The summed E-state index contributed by atoms with van der Waals surface area (Å²) in [5, 5.41) is 4.42. The van der Waals surface area contributed by atoms with E-state index in [1.165, 1.54) is 25.7 Å². The molecule has 4 nitrogen and oxygen atoms in total. The highest BCUT2D eigenvalue weighted by molar-refractivity contribution is 5.54. The van der Waals surface area contributed by atoms with Gasteiger partial charge < -0.3 is 10.5 Å². The van der Waals surface area contributed by atoms with Crippen molar-refractivity contribution in [1.29, 1.82) is 0 Å². The Hall–Kier alpha value is -1.19. The molecule has 17 heavy (non-hydrogen) atoms. The van der Waals surface area contributed by atoms with Gasteiger partial charge in [-0.3, -0.25) is 0 Å². The molecule has 2 N–H and O–H groups in total. The average Bonchev–Trinajstić information content (AvgIpc) is 2.86. The van der Waals surface area contributed by atoms with Gasteiger partial charge in [0.05, 0.1) is 12.3 Å². The van der Waals surface area contributed by atoms with Gasteiger partial charge in [0.25, 0.3) is 0 Å².